The third-order valence-electron chi connectivity index (χ3n) is 3.90. The van der Waals surface area contributed by atoms with E-state index in [9.17, 15) is 14.9 Å². The average molecular weight is 372 g/mol. The second-order valence-electron chi connectivity index (χ2n) is 5.63. The van der Waals surface area contributed by atoms with E-state index in [4.69, 9.17) is 4.74 Å². The van der Waals surface area contributed by atoms with Gasteiger partial charge in [0.1, 0.15) is 11.1 Å². The number of ether oxygens (including phenoxy) is 1. The fourth-order valence-corrected chi connectivity index (χ4v) is 4.73. The summed E-state index contributed by atoms with van der Waals surface area (Å²) in [7, 11) is 0. The Bertz CT molecular complexity index is 887. The van der Waals surface area contributed by atoms with Gasteiger partial charge >= 0.3 is 5.97 Å². The van der Waals surface area contributed by atoms with Gasteiger partial charge in [-0.25, -0.2) is 4.79 Å². The van der Waals surface area contributed by atoms with Crippen LogP contribution in [-0.2, 0) is 27.2 Å². The number of carbonyl (C=O) groups excluding carboxylic acids is 2. The van der Waals surface area contributed by atoms with Crippen molar-refractivity contribution in [2.24, 2.45) is 0 Å². The monoisotopic (exact) mass is 372 g/mol. The number of rotatable bonds is 5. The van der Waals surface area contributed by atoms with Gasteiger partial charge in [-0.15, -0.1) is 22.7 Å². The molecule has 1 N–H and O–H groups in total. The van der Waals surface area contributed by atoms with Gasteiger partial charge in [0.25, 0.3) is 5.91 Å². The molecule has 2 heterocycles. The van der Waals surface area contributed by atoms with Crippen molar-refractivity contribution in [3.8, 4) is 6.07 Å². The number of nitrogens with one attached hydrogen (secondary N) is 1. The Hall–Kier alpha value is -2.43. The molecule has 1 aliphatic rings. The number of anilines is 1. The number of fused-ring (bicyclic) bond motifs is 1. The highest BCUT2D eigenvalue weighted by molar-refractivity contribution is 7.16. The van der Waals surface area contributed by atoms with E-state index in [1.54, 1.807) is 6.08 Å². The van der Waals surface area contributed by atoms with Crippen molar-refractivity contribution < 1.29 is 14.3 Å². The average Bonchev–Trinajstić information content (AvgIpc) is 3.27. The lowest BCUT2D eigenvalue weighted by atomic mass is 10.1. The van der Waals surface area contributed by atoms with Crippen LogP contribution in [0.2, 0.25) is 0 Å². The van der Waals surface area contributed by atoms with Crippen LogP contribution in [0.5, 0.6) is 0 Å². The van der Waals surface area contributed by atoms with Crippen LogP contribution >= 0.6 is 22.7 Å². The smallest absolute Gasteiger partial charge is 0.331 e. The van der Waals surface area contributed by atoms with Gasteiger partial charge in [0.05, 0.1) is 5.56 Å². The number of thiophene rings is 2. The highest BCUT2D eigenvalue weighted by Crippen LogP contribution is 2.38. The number of hydrogen-bond acceptors (Lipinski definition) is 6. The predicted molar refractivity (Wildman–Crippen MR) is 98.7 cm³/mol. The fraction of sp³-hybridized carbons (Fsp3) is 0.278. The maximum Gasteiger partial charge on any atom is 0.331 e. The molecule has 0 saturated heterocycles. The van der Waals surface area contributed by atoms with E-state index >= 15 is 0 Å². The molecular formula is C18H16N2O3S2. The lowest BCUT2D eigenvalue weighted by molar-refractivity contribution is -0.142. The first-order valence-electron chi connectivity index (χ1n) is 7.82. The number of hydrogen-bond donors (Lipinski definition) is 1. The molecule has 0 atom stereocenters. The van der Waals surface area contributed by atoms with E-state index in [0.29, 0.717) is 10.6 Å². The van der Waals surface area contributed by atoms with Crippen molar-refractivity contribution in [3.05, 3.63) is 44.0 Å². The molecule has 2 aromatic heterocycles. The SMILES string of the molecule is Cc1ccsc1/C=C/C(=O)OCC(=O)Nc1sc2c(c1C#N)CCC2. The van der Waals surface area contributed by atoms with Gasteiger partial charge in [-0.3, -0.25) is 4.79 Å². The molecule has 1 amide bonds. The Balaban J connectivity index is 1.53. The summed E-state index contributed by atoms with van der Waals surface area (Å²) in [5.74, 6) is -1.01. The first-order chi connectivity index (χ1) is 12.1. The van der Waals surface area contributed by atoms with Gasteiger partial charge in [-0.05, 0) is 54.8 Å². The molecular weight excluding hydrogens is 356 g/mol. The Kier molecular flexibility index (Phi) is 5.31. The summed E-state index contributed by atoms with van der Waals surface area (Å²) in [6, 6.07) is 4.13. The molecule has 0 spiro atoms. The first kappa shape index (κ1) is 17.4. The number of carbonyl (C=O) groups is 2. The standard InChI is InChI=1S/C18H16N2O3S2/c1-11-7-8-24-14(11)5-6-17(22)23-10-16(21)20-18-13(9-19)12-3-2-4-15(12)25-18/h5-8H,2-4,10H2,1H3,(H,20,21)/b6-5+. The number of amides is 1. The molecule has 0 unspecified atom stereocenters. The van der Waals surface area contributed by atoms with Gasteiger partial charge in [-0.2, -0.15) is 5.26 Å². The summed E-state index contributed by atoms with van der Waals surface area (Å²) in [6.07, 6.45) is 5.88. The summed E-state index contributed by atoms with van der Waals surface area (Å²) in [5, 5.41) is 14.5. The third kappa shape index (κ3) is 3.98. The molecule has 3 rings (SSSR count). The summed E-state index contributed by atoms with van der Waals surface area (Å²) in [6.45, 7) is 1.58. The van der Waals surface area contributed by atoms with Crippen LogP contribution in [0, 0.1) is 18.3 Å². The quantitative estimate of drug-likeness (QED) is 0.641. The molecule has 25 heavy (non-hydrogen) atoms. The lowest BCUT2D eigenvalue weighted by Crippen LogP contribution is -2.20. The number of esters is 1. The van der Waals surface area contributed by atoms with Crippen LogP contribution in [0.4, 0.5) is 5.00 Å². The summed E-state index contributed by atoms with van der Waals surface area (Å²) >= 11 is 2.97. The van der Waals surface area contributed by atoms with Crippen molar-refractivity contribution in [3.63, 3.8) is 0 Å². The minimum absolute atomic E-state index is 0.375. The zero-order valence-corrected chi connectivity index (χ0v) is 15.3. The van der Waals surface area contributed by atoms with Gasteiger partial charge in [0.2, 0.25) is 0 Å². The van der Waals surface area contributed by atoms with E-state index in [1.807, 2.05) is 18.4 Å². The lowest BCUT2D eigenvalue weighted by Gasteiger charge is -2.04. The number of nitrogens with zero attached hydrogens (tertiary/aromatic N) is 1. The maximum atomic E-state index is 12.0. The van der Waals surface area contributed by atoms with E-state index in [-0.39, 0.29) is 6.61 Å². The second-order valence-corrected chi connectivity index (χ2v) is 7.68. The van der Waals surface area contributed by atoms with Crippen LogP contribution in [0.1, 0.15) is 32.9 Å². The van der Waals surface area contributed by atoms with Crippen molar-refractivity contribution >= 4 is 45.6 Å². The van der Waals surface area contributed by atoms with Gasteiger partial charge in [-0.1, -0.05) is 0 Å². The molecule has 0 bridgehead atoms. The highest BCUT2D eigenvalue weighted by Gasteiger charge is 2.23. The van der Waals surface area contributed by atoms with Crippen LogP contribution in [0.3, 0.4) is 0 Å². The largest absolute Gasteiger partial charge is 0.452 e. The normalized spacial score (nSPS) is 12.8. The van der Waals surface area contributed by atoms with Crippen molar-refractivity contribution in [1.29, 1.82) is 5.26 Å². The minimum Gasteiger partial charge on any atom is -0.452 e. The fourth-order valence-electron chi connectivity index (χ4n) is 2.66. The Morgan fingerprint density at radius 1 is 1.44 bits per heavy atom. The molecule has 0 fully saturated rings. The molecule has 0 saturated carbocycles. The van der Waals surface area contributed by atoms with Crippen LogP contribution in [0.25, 0.3) is 6.08 Å². The Labute approximate surface area is 153 Å². The second kappa shape index (κ2) is 7.64. The van der Waals surface area contributed by atoms with Gasteiger partial charge in [0.15, 0.2) is 6.61 Å². The summed E-state index contributed by atoms with van der Waals surface area (Å²) in [4.78, 5) is 25.8. The van der Waals surface area contributed by atoms with Gasteiger partial charge in [0, 0.05) is 15.8 Å². The Morgan fingerprint density at radius 2 is 2.28 bits per heavy atom. The number of aryl methyl sites for hydroxylation is 2. The maximum absolute atomic E-state index is 12.0. The highest BCUT2D eigenvalue weighted by atomic mass is 32.1. The van der Waals surface area contributed by atoms with Crippen LogP contribution < -0.4 is 5.32 Å². The summed E-state index contributed by atoms with van der Waals surface area (Å²) in [5.41, 5.74) is 2.68. The van der Waals surface area contributed by atoms with E-state index in [1.165, 1.54) is 28.7 Å². The first-order valence-corrected chi connectivity index (χ1v) is 9.51. The number of nitriles is 1. The third-order valence-corrected chi connectivity index (χ3v) is 6.10. The molecule has 1 aliphatic carbocycles. The molecule has 2 aromatic rings. The van der Waals surface area contributed by atoms with Crippen molar-refractivity contribution in [2.45, 2.75) is 26.2 Å². The molecule has 0 aliphatic heterocycles. The van der Waals surface area contributed by atoms with Gasteiger partial charge < -0.3 is 10.1 Å². The van der Waals surface area contributed by atoms with Crippen molar-refractivity contribution in [1.82, 2.24) is 0 Å². The predicted octanol–water partition coefficient (Wildman–Crippen LogP) is 3.67. The van der Waals surface area contributed by atoms with E-state index in [2.05, 4.69) is 11.4 Å². The van der Waals surface area contributed by atoms with Crippen LogP contribution in [0.15, 0.2) is 17.5 Å². The molecule has 0 aromatic carbocycles. The molecule has 0 radical (unpaired) electrons. The zero-order valence-electron chi connectivity index (χ0n) is 13.6. The van der Waals surface area contributed by atoms with E-state index in [0.717, 1.165) is 40.1 Å². The van der Waals surface area contributed by atoms with Crippen molar-refractivity contribution in [2.75, 3.05) is 11.9 Å². The molecule has 128 valence electrons. The molecule has 7 heteroatoms. The molecule has 5 nitrogen and oxygen atoms in total. The summed E-state index contributed by atoms with van der Waals surface area (Å²) < 4.78 is 4.95. The van der Waals surface area contributed by atoms with Crippen LogP contribution in [-0.4, -0.2) is 18.5 Å². The van der Waals surface area contributed by atoms with E-state index < -0.39 is 11.9 Å². The zero-order chi connectivity index (χ0) is 17.8. The Morgan fingerprint density at radius 3 is 3.00 bits per heavy atom. The minimum atomic E-state index is -0.572. The topological polar surface area (TPSA) is 79.2 Å².